The van der Waals surface area contributed by atoms with Crippen LogP contribution in [-0.2, 0) is 4.74 Å². The van der Waals surface area contributed by atoms with Crippen molar-refractivity contribution < 1.29 is 9.53 Å². The molecular formula is C19H23N3O2S. The molecule has 1 N–H and O–H groups in total. The highest BCUT2D eigenvalue weighted by molar-refractivity contribution is 7.99. The molecule has 1 saturated carbocycles. The second kappa shape index (κ2) is 7.87. The predicted molar refractivity (Wildman–Crippen MR) is 100 cm³/mol. The molecule has 0 saturated heterocycles. The van der Waals surface area contributed by atoms with Gasteiger partial charge in [-0.1, -0.05) is 17.7 Å². The van der Waals surface area contributed by atoms with E-state index in [-0.39, 0.29) is 11.5 Å². The van der Waals surface area contributed by atoms with Crippen LogP contribution in [0.2, 0.25) is 0 Å². The molecule has 0 spiro atoms. The normalized spacial score (nSPS) is 15.3. The number of anilines is 1. The molecule has 6 heteroatoms. The molecular weight excluding hydrogens is 334 g/mol. The van der Waals surface area contributed by atoms with Crippen LogP contribution < -0.4 is 5.32 Å². The van der Waals surface area contributed by atoms with Crippen molar-refractivity contribution in [3.8, 4) is 0 Å². The Balaban J connectivity index is 1.61. The van der Waals surface area contributed by atoms with E-state index in [4.69, 9.17) is 4.74 Å². The Morgan fingerprint density at radius 1 is 1.24 bits per heavy atom. The maximum atomic E-state index is 11.7. The number of rotatable bonds is 7. The second-order valence-electron chi connectivity index (χ2n) is 6.38. The van der Waals surface area contributed by atoms with Crippen LogP contribution in [-0.4, -0.2) is 33.8 Å². The van der Waals surface area contributed by atoms with Gasteiger partial charge in [0.05, 0.1) is 12.2 Å². The number of aryl methyl sites for hydroxylation is 1. The Morgan fingerprint density at radius 3 is 2.48 bits per heavy atom. The monoisotopic (exact) mass is 357 g/mol. The van der Waals surface area contributed by atoms with Crippen LogP contribution >= 0.6 is 11.8 Å². The van der Waals surface area contributed by atoms with Crippen LogP contribution in [0.25, 0.3) is 0 Å². The van der Waals surface area contributed by atoms with E-state index in [1.54, 1.807) is 6.92 Å². The number of carbonyl (C=O) groups is 1. The highest BCUT2D eigenvalue weighted by atomic mass is 32.2. The number of nitrogens with zero attached hydrogens (tertiary/aromatic N) is 2. The van der Waals surface area contributed by atoms with Crippen molar-refractivity contribution in [1.82, 2.24) is 9.97 Å². The molecule has 0 unspecified atom stereocenters. The van der Waals surface area contributed by atoms with Gasteiger partial charge in [0.15, 0.2) is 0 Å². The lowest BCUT2D eigenvalue weighted by Gasteiger charge is -2.42. The Labute approximate surface area is 152 Å². The van der Waals surface area contributed by atoms with E-state index in [1.807, 2.05) is 11.8 Å². The van der Waals surface area contributed by atoms with Gasteiger partial charge < -0.3 is 10.1 Å². The molecule has 0 bridgehead atoms. The van der Waals surface area contributed by atoms with Crippen LogP contribution in [0.3, 0.4) is 0 Å². The third-order valence-electron chi connectivity index (χ3n) is 4.39. The summed E-state index contributed by atoms with van der Waals surface area (Å²) in [5.74, 6) is 1.15. The van der Waals surface area contributed by atoms with E-state index < -0.39 is 0 Å². The first kappa shape index (κ1) is 17.7. The summed E-state index contributed by atoms with van der Waals surface area (Å²) in [5, 5.41) is 3.48. The van der Waals surface area contributed by atoms with E-state index in [9.17, 15) is 4.79 Å². The maximum absolute atomic E-state index is 11.7. The minimum atomic E-state index is -0.387. The zero-order chi connectivity index (χ0) is 17.7. The molecule has 0 radical (unpaired) electrons. The number of aromatic nitrogens is 2. The molecule has 1 aromatic heterocycles. The molecule has 25 heavy (non-hydrogen) atoms. The van der Waals surface area contributed by atoms with E-state index in [2.05, 4.69) is 46.5 Å². The third-order valence-corrected chi connectivity index (χ3v) is 5.69. The summed E-state index contributed by atoms with van der Waals surface area (Å²) in [7, 11) is 0. The lowest BCUT2D eigenvalue weighted by Crippen LogP contribution is -2.47. The Hall–Kier alpha value is -2.08. The molecule has 3 rings (SSSR count). The van der Waals surface area contributed by atoms with E-state index in [1.165, 1.54) is 29.3 Å². The molecule has 5 nitrogen and oxygen atoms in total. The minimum absolute atomic E-state index is 0.0288. The molecule has 132 valence electrons. The van der Waals surface area contributed by atoms with Crippen molar-refractivity contribution in [2.45, 2.75) is 43.5 Å². The predicted octanol–water partition coefficient (Wildman–Crippen LogP) is 4.09. The van der Waals surface area contributed by atoms with Gasteiger partial charge in [-0.2, -0.15) is 0 Å². The van der Waals surface area contributed by atoms with Gasteiger partial charge in [-0.3, -0.25) is 0 Å². The summed E-state index contributed by atoms with van der Waals surface area (Å²) in [4.78, 5) is 21.5. The average molecular weight is 357 g/mol. The van der Waals surface area contributed by atoms with Crippen molar-refractivity contribution in [2.75, 3.05) is 17.7 Å². The Bertz CT molecular complexity index is 712. The van der Waals surface area contributed by atoms with Gasteiger partial charge >= 0.3 is 5.97 Å². The van der Waals surface area contributed by atoms with Crippen LogP contribution in [0.15, 0.2) is 41.6 Å². The van der Waals surface area contributed by atoms with Gasteiger partial charge in [0.2, 0.25) is 5.95 Å². The topological polar surface area (TPSA) is 64.1 Å². The van der Waals surface area contributed by atoms with Crippen LogP contribution in [0.1, 0.15) is 42.1 Å². The van der Waals surface area contributed by atoms with E-state index in [0.29, 0.717) is 18.1 Å². The van der Waals surface area contributed by atoms with Gasteiger partial charge in [-0.15, -0.1) is 11.8 Å². The summed E-state index contributed by atoms with van der Waals surface area (Å²) >= 11 is 1.85. The number of hydrogen-bond acceptors (Lipinski definition) is 6. The van der Waals surface area contributed by atoms with Crippen molar-refractivity contribution in [1.29, 1.82) is 0 Å². The molecule has 1 aliphatic carbocycles. The molecule has 0 atom stereocenters. The van der Waals surface area contributed by atoms with Gasteiger partial charge in [0, 0.05) is 28.6 Å². The van der Waals surface area contributed by atoms with Crippen molar-refractivity contribution >= 4 is 23.7 Å². The Morgan fingerprint density at radius 2 is 1.92 bits per heavy atom. The smallest absolute Gasteiger partial charge is 0.341 e. The molecule has 0 aliphatic heterocycles. The zero-order valence-corrected chi connectivity index (χ0v) is 15.4. The number of ether oxygens (including phenoxy) is 1. The fourth-order valence-electron chi connectivity index (χ4n) is 2.71. The highest BCUT2D eigenvalue weighted by Crippen LogP contribution is 2.39. The van der Waals surface area contributed by atoms with Crippen molar-refractivity contribution in [3.05, 3.63) is 47.8 Å². The standard InChI is InChI=1S/C19H23N3O2S/c1-3-24-17(23)15-11-20-18(21-12-15)22-19(9-4-10-19)13-25-16-7-5-14(2)6-8-16/h5-8,11-12H,3-4,9-10,13H2,1-2H3,(H,20,21,22). The zero-order valence-electron chi connectivity index (χ0n) is 14.6. The second-order valence-corrected chi connectivity index (χ2v) is 7.43. The lowest BCUT2D eigenvalue weighted by molar-refractivity contribution is 0.0525. The van der Waals surface area contributed by atoms with Crippen LogP contribution in [0.4, 0.5) is 5.95 Å². The number of thioether (sulfide) groups is 1. The number of hydrogen-bond donors (Lipinski definition) is 1. The fraction of sp³-hybridized carbons (Fsp3) is 0.421. The highest BCUT2D eigenvalue weighted by Gasteiger charge is 2.37. The summed E-state index contributed by atoms with van der Waals surface area (Å²) in [6, 6.07) is 8.61. The summed E-state index contributed by atoms with van der Waals surface area (Å²) in [6.45, 7) is 4.22. The molecule has 1 aliphatic rings. The number of esters is 1. The summed E-state index contributed by atoms with van der Waals surface area (Å²) in [6.07, 6.45) is 6.46. The van der Waals surface area contributed by atoms with E-state index in [0.717, 1.165) is 18.6 Å². The molecule has 2 aromatic rings. The summed E-state index contributed by atoms with van der Waals surface area (Å²) < 4.78 is 4.95. The number of benzene rings is 1. The van der Waals surface area contributed by atoms with Crippen molar-refractivity contribution in [3.63, 3.8) is 0 Å². The van der Waals surface area contributed by atoms with Gasteiger partial charge in [-0.05, 0) is 45.2 Å². The van der Waals surface area contributed by atoms with Crippen molar-refractivity contribution in [2.24, 2.45) is 0 Å². The van der Waals surface area contributed by atoms with Gasteiger partial charge in [-0.25, -0.2) is 14.8 Å². The fourth-order valence-corrected chi connectivity index (χ4v) is 3.85. The quantitative estimate of drug-likeness (QED) is 0.595. The lowest BCUT2D eigenvalue weighted by atomic mass is 9.78. The maximum Gasteiger partial charge on any atom is 0.341 e. The molecule has 1 heterocycles. The Kier molecular flexibility index (Phi) is 5.58. The van der Waals surface area contributed by atoms with Crippen LogP contribution in [0.5, 0.6) is 0 Å². The van der Waals surface area contributed by atoms with Crippen LogP contribution in [0, 0.1) is 6.92 Å². The SMILES string of the molecule is CCOC(=O)c1cnc(NC2(CSc3ccc(C)cc3)CCC2)nc1. The minimum Gasteiger partial charge on any atom is -0.462 e. The van der Waals surface area contributed by atoms with Gasteiger partial charge in [0.25, 0.3) is 0 Å². The first-order valence-electron chi connectivity index (χ1n) is 8.57. The summed E-state index contributed by atoms with van der Waals surface area (Å²) in [5.41, 5.74) is 1.68. The number of nitrogens with one attached hydrogen (secondary N) is 1. The molecule has 1 aromatic carbocycles. The molecule has 1 fully saturated rings. The number of carbonyl (C=O) groups excluding carboxylic acids is 1. The first-order chi connectivity index (χ1) is 12.1. The average Bonchev–Trinajstić information content (AvgIpc) is 2.59. The third kappa shape index (κ3) is 4.51. The first-order valence-corrected chi connectivity index (χ1v) is 9.56. The largest absolute Gasteiger partial charge is 0.462 e. The molecule has 0 amide bonds. The van der Waals surface area contributed by atoms with E-state index >= 15 is 0 Å². The van der Waals surface area contributed by atoms with Gasteiger partial charge in [0.1, 0.15) is 0 Å².